The number of nitrogens with two attached hydrogens (primary N) is 2. The number of nitrogens with one attached hydrogen (secondary N) is 4. The van der Waals surface area contributed by atoms with Gasteiger partial charge < -0.3 is 70.8 Å². The maximum absolute atomic E-state index is 13.3. The van der Waals surface area contributed by atoms with Crippen LogP contribution in [0.2, 0.25) is 0 Å². The SMILES string of the molecule is CNCC(=O)OCc1cccnc1N(C)C(=O)OC[N+]1(CC(N)=O)CCC(c2ccc3[nH]c(-c4cn5ncnc5c(C)c4C)c(C(C)C)c3c2)CC1.CNCC(=O)OCc1cccnc1N(C)C(=O)OC[N+]1(CC(N)=O)CCC(c2ccc3[nH]c(-c4cn5ncnc5c(C)c4C)c(C(C)C)c3c2)CC1.O=C([O-])C(F)(F)F.O=C([O-])C(F)(F)F. The molecule has 2 saturated heterocycles. The summed E-state index contributed by atoms with van der Waals surface area (Å²) in [6.45, 7) is 19.9. The third-order valence-corrected chi connectivity index (χ3v) is 21.1. The van der Waals surface area contributed by atoms with E-state index in [0.29, 0.717) is 48.9 Å². The number of carboxylic acid groups (broad SMARTS) is 2. The number of likely N-dealkylation sites (tertiary alicyclic amines) is 2. The van der Waals surface area contributed by atoms with Gasteiger partial charge in [-0.25, -0.2) is 38.6 Å². The van der Waals surface area contributed by atoms with Gasteiger partial charge in [-0.15, -0.1) is 0 Å². The molecule has 10 aromatic rings. The predicted octanol–water partition coefficient (Wildman–Crippen LogP) is 7.97. The maximum Gasteiger partial charge on any atom is 0.430 e. The van der Waals surface area contributed by atoms with Gasteiger partial charge >= 0.3 is 36.5 Å². The zero-order valence-corrected chi connectivity index (χ0v) is 67.4. The lowest BCUT2D eigenvalue weighted by molar-refractivity contribution is -0.940. The van der Waals surface area contributed by atoms with Gasteiger partial charge in [-0.2, -0.15) is 36.5 Å². The van der Waals surface area contributed by atoms with Gasteiger partial charge in [-0.05, 0) is 146 Å². The number of nitrogens with zero attached hydrogens (tertiary/aromatic N) is 12. The molecule has 2 aliphatic heterocycles. The van der Waals surface area contributed by atoms with E-state index in [9.17, 15) is 55.1 Å². The van der Waals surface area contributed by atoms with E-state index in [0.717, 1.165) is 81.7 Å². The molecule has 0 bridgehead atoms. The van der Waals surface area contributed by atoms with Crippen LogP contribution in [0.5, 0.6) is 0 Å². The number of anilines is 2. The van der Waals surface area contributed by atoms with Crippen LogP contribution in [0.15, 0.2) is 98.1 Å². The monoisotopic (exact) mass is 1650 g/mol. The first-order valence-electron chi connectivity index (χ1n) is 37.7. The van der Waals surface area contributed by atoms with Crippen LogP contribution in [0.1, 0.15) is 133 Å². The molecule has 2 aromatic carbocycles. The lowest BCUT2D eigenvalue weighted by atomic mass is 9.86. The smallest absolute Gasteiger partial charge is 0.430 e. The minimum atomic E-state index is -5.19. The summed E-state index contributed by atoms with van der Waals surface area (Å²) in [5, 5.41) is 34.3. The van der Waals surface area contributed by atoms with Gasteiger partial charge in [0.25, 0.3) is 11.8 Å². The number of carbonyl (C=O) groups excluding carboxylic acids is 8. The zero-order valence-electron chi connectivity index (χ0n) is 67.4. The highest BCUT2D eigenvalue weighted by atomic mass is 19.4. The van der Waals surface area contributed by atoms with E-state index in [-0.39, 0.29) is 85.5 Å². The van der Waals surface area contributed by atoms with Gasteiger partial charge in [0.15, 0.2) is 24.4 Å². The number of alkyl halides is 6. The highest BCUT2D eigenvalue weighted by molar-refractivity contribution is 5.95. The lowest BCUT2D eigenvalue weighted by Crippen LogP contribution is -2.58. The molecule has 10 heterocycles. The number of rotatable bonds is 24. The number of hydrogen-bond donors (Lipinski definition) is 6. The number of fused-ring (bicyclic) bond motifs is 4. The first-order chi connectivity index (χ1) is 55.7. The molecule has 2 fully saturated rings. The molecule has 12 rings (SSSR count). The van der Waals surface area contributed by atoms with E-state index in [1.165, 1.54) is 54.0 Å². The number of aromatic amines is 2. The van der Waals surface area contributed by atoms with Crippen molar-refractivity contribution < 1.29 is 103 Å². The molecule has 8 aromatic heterocycles. The minimum Gasteiger partial charge on any atom is -0.542 e. The average Bonchev–Trinajstić information content (AvgIpc) is 1.60. The number of carbonyl (C=O) groups is 8. The summed E-state index contributed by atoms with van der Waals surface area (Å²) in [4.78, 5) is 120. The van der Waals surface area contributed by atoms with Crippen LogP contribution >= 0.6 is 0 Å². The quantitative estimate of drug-likeness (QED) is 0.0144. The number of H-pyrrole nitrogens is 2. The van der Waals surface area contributed by atoms with E-state index in [1.54, 1.807) is 77.5 Å². The van der Waals surface area contributed by atoms with Crippen molar-refractivity contribution in [2.75, 3.05) is 104 Å². The molecule has 2 aliphatic rings. The average molecular weight is 1650 g/mol. The number of primary amides is 2. The summed E-state index contributed by atoms with van der Waals surface area (Å²) in [6.07, 6.45) is 1.93. The molecular weight excluding hydrogens is 1550 g/mol. The predicted molar refractivity (Wildman–Crippen MR) is 417 cm³/mol. The van der Waals surface area contributed by atoms with Crippen molar-refractivity contribution in [3.05, 3.63) is 154 Å². The molecule has 32 nitrogen and oxygen atoms in total. The molecule has 632 valence electrons. The Kier molecular flexibility index (Phi) is 29.1. The first-order valence-corrected chi connectivity index (χ1v) is 37.7. The Morgan fingerprint density at radius 3 is 1.21 bits per heavy atom. The van der Waals surface area contributed by atoms with Gasteiger partial charge in [0.2, 0.25) is 13.5 Å². The number of piperidine rings is 2. The Labute approximate surface area is 674 Å². The van der Waals surface area contributed by atoms with E-state index in [1.807, 2.05) is 9.03 Å². The molecule has 0 unspecified atom stereocenters. The Morgan fingerprint density at radius 1 is 0.551 bits per heavy atom. The van der Waals surface area contributed by atoms with Crippen molar-refractivity contribution in [2.24, 2.45) is 11.5 Å². The van der Waals surface area contributed by atoms with E-state index >= 15 is 0 Å². The number of likely N-dealkylation sites (N-methyl/N-ethyl adjacent to an activating group) is 2. The Hall–Kier alpha value is -12.2. The van der Waals surface area contributed by atoms with Crippen molar-refractivity contribution in [3.8, 4) is 22.5 Å². The number of benzene rings is 2. The van der Waals surface area contributed by atoms with Crippen molar-refractivity contribution in [3.63, 3.8) is 0 Å². The molecule has 0 spiro atoms. The number of aromatic nitrogens is 10. The standard InChI is InChI=1S/2C38H47N9O5.2C2HF3O2/c2*1-23(2)34-29-16-27(9-10-31(29)44-35(34)30-18-46-36(42-21-43-46)25(4)24(30)3)26-11-14-47(15-12-26,19-32(39)48)22-52-38(50)45(6)37-28(8-7-13-41-37)20-51-33(49)17-40-5;2*3-2(4,5)1(6)7/h2*7-10,13,16,18,21,23,26,40,44H,11-12,14-15,17,19-20,22H2,1-6H3,(H-,39,48);2*(H,6,7). The largest absolute Gasteiger partial charge is 0.542 e. The summed E-state index contributed by atoms with van der Waals surface area (Å²) in [5.74, 6) is -6.07. The van der Waals surface area contributed by atoms with Crippen molar-refractivity contribution in [1.29, 1.82) is 0 Å². The number of ether oxygens (including phenoxy) is 4. The summed E-state index contributed by atoms with van der Waals surface area (Å²) in [6, 6.07) is 20.2. The molecule has 8 N–H and O–H groups in total. The number of amides is 4. The highest BCUT2D eigenvalue weighted by Gasteiger charge is 2.41. The van der Waals surface area contributed by atoms with Crippen molar-refractivity contribution in [1.82, 2.24) is 59.8 Å². The molecule has 0 aliphatic carbocycles. The molecule has 38 heteroatoms. The number of hydrogen-bond acceptors (Lipinski definition) is 22. The zero-order chi connectivity index (χ0) is 86.5. The van der Waals surface area contributed by atoms with Crippen LogP contribution in [0.25, 0.3) is 55.6 Å². The fourth-order valence-corrected chi connectivity index (χ4v) is 14.9. The molecular formula is C80H96F6N18O14. The normalized spacial score (nSPS) is 16.7. The van der Waals surface area contributed by atoms with Crippen LogP contribution in [0, 0.1) is 27.7 Å². The first kappa shape index (κ1) is 89.8. The summed E-state index contributed by atoms with van der Waals surface area (Å²) in [7, 11) is 6.41. The number of carboxylic acids is 2. The van der Waals surface area contributed by atoms with E-state index in [2.05, 4.69) is 155 Å². The number of aliphatic carboxylic acids is 2. The molecule has 118 heavy (non-hydrogen) atoms. The Balaban J connectivity index is 0.000000231. The lowest BCUT2D eigenvalue weighted by Gasteiger charge is -2.42. The fourth-order valence-electron chi connectivity index (χ4n) is 14.9. The van der Waals surface area contributed by atoms with Crippen LogP contribution < -0.4 is 42.1 Å². The van der Waals surface area contributed by atoms with Crippen LogP contribution in [0.4, 0.5) is 47.6 Å². The topological polar surface area (TPSA) is 420 Å². The van der Waals surface area contributed by atoms with Gasteiger partial charge in [-0.3, -0.25) is 37.9 Å². The number of aryl methyl sites for hydroxylation is 2. The van der Waals surface area contributed by atoms with Gasteiger partial charge in [0, 0.05) is 109 Å². The summed E-state index contributed by atoms with van der Waals surface area (Å²) >= 11 is 0. The van der Waals surface area contributed by atoms with Crippen LogP contribution in [0.3, 0.4) is 0 Å². The summed E-state index contributed by atoms with van der Waals surface area (Å²) < 4.78 is 89.5. The number of pyridine rings is 4. The van der Waals surface area contributed by atoms with Crippen LogP contribution in [-0.4, -0.2) is 212 Å². The fraction of sp³-hybridized carbons (Fsp3) is 0.425. The minimum absolute atomic E-state index is 0.00918. The van der Waals surface area contributed by atoms with E-state index < -0.39 is 60.2 Å². The highest BCUT2D eigenvalue weighted by Crippen LogP contribution is 2.43. The van der Waals surface area contributed by atoms with Gasteiger partial charge in [0.1, 0.15) is 49.4 Å². The molecule has 0 saturated carbocycles. The van der Waals surface area contributed by atoms with Gasteiger partial charge in [0.05, 0.1) is 50.7 Å². The second-order valence-corrected chi connectivity index (χ2v) is 29.9. The second kappa shape index (κ2) is 38.3. The van der Waals surface area contributed by atoms with E-state index in [4.69, 9.17) is 50.2 Å². The maximum atomic E-state index is 13.3. The second-order valence-electron chi connectivity index (χ2n) is 29.9. The Morgan fingerprint density at radius 2 is 0.898 bits per heavy atom. The molecule has 0 atom stereocenters. The summed E-state index contributed by atoms with van der Waals surface area (Å²) in [5.41, 5.74) is 30.4. The number of esters is 2. The van der Waals surface area contributed by atoms with Gasteiger partial charge in [-0.1, -0.05) is 52.0 Å². The van der Waals surface area contributed by atoms with Crippen molar-refractivity contribution >= 4 is 92.6 Å². The van der Waals surface area contributed by atoms with Crippen LogP contribution in [-0.2, 0) is 60.9 Å². The molecule has 4 amide bonds. The Bertz CT molecular complexity index is 4990. The third kappa shape index (κ3) is 21.5. The number of quaternary nitrogens is 2. The van der Waals surface area contributed by atoms with Crippen molar-refractivity contribution in [2.45, 2.75) is 130 Å². The number of halogens is 6. The molecule has 0 radical (unpaired) electrons. The third-order valence-electron chi connectivity index (χ3n) is 21.1.